The SMILES string of the molecule is CCOc1cc(/C=c2\sc3nc4ccccc4n3c2=O)ccc1OCCCOc1cc(C)cc(C)c1. The number of hydrogen-bond acceptors (Lipinski definition) is 6. The lowest BCUT2D eigenvalue weighted by atomic mass is 10.1. The van der Waals surface area contributed by atoms with Crippen LogP contribution < -0.4 is 24.3 Å². The fraction of sp³-hybridized carbons (Fsp3) is 0.241. The summed E-state index contributed by atoms with van der Waals surface area (Å²) in [5.74, 6) is 2.21. The molecule has 0 aliphatic rings. The average molecular weight is 501 g/mol. The maximum absolute atomic E-state index is 13.1. The number of hydrogen-bond donors (Lipinski definition) is 0. The molecule has 0 N–H and O–H groups in total. The molecular formula is C29H28N2O4S. The summed E-state index contributed by atoms with van der Waals surface area (Å²) in [6.45, 7) is 7.66. The Morgan fingerprint density at radius 1 is 0.917 bits per heavy atom. The van der Waals surface area contributed by atoms with Gasteiger partial charge in [-0.1, -0.05) is 35.6 Å². The molecule has 0 amide bonds. The number of fused-ring (bicyclic) bond motifs is 3. The second kappa shape index (κ2) is 10.4. The molecule has 6 nitrogen and oxygen atoms in total. The molecule has 0 aliphatic carbocycles. The largest absolute Gasteiger partial charge is 0.493 e. The van der Waals surface area contributed by atoms with Crippen molar-refractivity contribution in [2.24, 2.45) is 0 Å². The van der Waals surface area contributed by atoms with Gasteiger partial charge in [-0.05, 0) is 79.9 Å². The van der Waals surface area contributed by atoms with Crippen molar-refractivity contribution in [2.75, 3.05) is 19.8 Å². The topological polar surface area (TPSA) is 62.1 Å². The lowest BCUT2D eigenvalue weighted by Crippen LogP contribution is -2.22. The Bertz CT molecular complexity index is 1620. The number of ether oxygens (including phenoxy) is 3. The summed E-state index contributed by atoms with van der Waals surface area (Å²) in [6.07, 6.45) is 2.62. The first kappa shape index (κ1) is 23.9. The molecule has 0 fully saturated rings. The highest BCUT2D eigenvalue weighted by Crippen LogP contribution is 2.29. The summed E-state index contributed by atoms with van der Waals surface area (Å²) >= 11 is 1.38. The Hall–Kier alpha value is -3.84. The molecule has 0 atom stereocenters. The van der Waals surface area contributed by atoms with E-state index in [1.807, 2.05) is 67.6 Å². The molecular weight excluding hydrogens is 472 g/mol. The van der Waals surface area contributed by atoms with E-state index in [0.717, 1.165) is 28.8 Å². The minimum atomic E-state index is -0.0641. The minimum Gasteiger partial charge on any atom is -0.493 e. The Morgan fingerprint density at radius 2 is 1.69 bits per heavy atom. The quantitative estimate of drug-likeness (QED) is 0.256. The van der Waals surface area contributed by atoms with Crippen molar-refractivity contribution in [1.29, 1.82) is 0 Å². The van der Waals surface area contributed by atoms with Gasteiger partial charge in [-0.3, -0.25) is 4.79 Å². The summed E-state index contributed by atoms with van der Waals surface area (Å²) in [4.78, 5) is 18.3. The van der Waals surface area contributed by atoms with Crippen molar-refractivity contribution in [2.45, 2.75) is 27.2 Å². The number of para-hydroxylation sites is 2. The number of aryl methyl sites for hydroxylation is 2. The van der Waals surface area contributed by atoms with E-state index >= 15 is 0 Å². The predicted octanol–water partition coefficient (Wildman–Crippen LogP) is 5.32. The molecule has 0 bridgehead atoms. The highest BCUT2D eigenvalue weighted by atomic mass is 32.1. The number of benzene rings is 3. The molecule has 2 heterocycles. The van der Waals surface area contributed by atoms with Crippen molar-refractivity contribution >= 4 is 33.4 Å². The van der Waals surface area contributed by atoms with Crippen LogP contribution in [0.3, 0.4) is 0 Å². The summed E-state index contributed by atoms with van der Waals surface area (Å²) in [7, 11) is 0. The van der Waals surface area contributed by atoms with Gasteiger partial charge >= 0.3 is 0 Å². The number of aromatic nitrogens is 2. The maximum atomic E-state index is 13.1. The fourth-order valence-corrected chi connectivity index (χ4v) is 5.20. The van der Waals surface area contributed by atoms with Gasteiger partial charge < -0.3 is 14.2 Å². The Balaban J connectivity index is 1.29. The standard InChI is InChI=1S/C29H28N2O4S/c1-4-33-26-17-21(18-27-28(32)31-24-9-6-5-8-23(24)30-29(31)36-27)10-11-25(26)35-13-7-12-34-22-15-19(2)14-20(3)16-22/h5-6,8-11,14-18H,4,7,12-13H2,1-3H3/b27-18-. The van der Waals surface area contributed by atoms with Crippen molar-refractivity contribution in [3.63, 3.8) is 0 Å². The van der Waals surface area contributed by atoms with Crippen molar-refractivity contribution < 1.29 is 14.2 Å². The van der Waals surface area contributed by atoms with Crippen LogP contribution in [0.5, 0.6) is 17.2 Å². The van der Waals surface area contributed by atoms with Gasteiger partial charge in [-0.15, -0.1) is 0 Å². The van der Waals surface area contributed by atoms with Crippen LogP contribution >= 0.6 is 11.3 Å². The summed E-state index contributed by atoms with van der Waals surface area (Å²) < 4.78 is 20.0. The monoisotopic (exact) mass is 500 g/mol. The smallest absolute Gasteiger partial charge is 0.274 e. The van der Waals surface area contributed by atoms with Gasteiger partial charge in [0.05, 0.1) is 35.4 Å². The highest BCUT2D eigenvalue weighted by molar-refractivity contribution is 7.15. The van der Waals surface area contributed by atoms with E-state index in [1.165, 1.54) is 22.5 Å². The van der Waals surface area contributed by atoms with Crippen molar-refractivity contribution in [3.05, 3.63) is 92.2 Å². The van der Waals surface area contributed by atoms with E-state index in [-0.39, 0.29) is 5.56 Å². The van der Waals surface area contributed by atoms with Gasteiger partial charge in [-0.2, -0.15) is 0 Å². The first-order chi connectivity index (χ1) is 17.5. The third-order valence-electron chi connectivity index (χ3n) is 5.72. The molecule has 5 aromatic rings. The van der Waals surface area contributed by atoms with Crippen LogP contribution in [0.25, 0.3) is 22.1 Å². The van der Waals surface area contributed by atoms with Crippen LogP contribution in [0.15, 0.2) is 65.5 Å². The summed E-state index contributed by atoms with van der Waals surface area (Å²) in [5.41, 5.74) is 4.84. The van der Waals surface area contributed by atoms with Gasteiger partial charge in [0.25, 0.3) is 5.56 Å². The van der Waals surface area contributed by atoms with E-state index in [9.17, 15) is 4.79 Å². The van der Waals surface area contributed by atoms with Gasteiger partial charge in [0.1, 0.15) is 5.75 Å². The number of imidazole rings is 1. The zero-order chi connectivity index (χ0) is 25.1. The van der Waals surface area contributed by atoms with Gasteiger partial charge in [0, 0.05) is 6.42 Å². The molecule has 36 heavy (non-hydrogen) atoms. The molecule has 3 aromatic carbocycles. The third-order valence-corrected chi connectivity index (χ3v) is 6.69. The summed E-state index contributed by atoms with van der Waals surface area (Å²) in [6, 6.07) is 19.6. The van der Waals surface area contributed by atoms with E-state index in [4.69, 9.17) is 14.2 Å². The van der Waals surface area contributed by atoms with Crippen LogP contribution in [-0.4, -0.2) is 29.2 Å². The van der Waals surface area contributed by atoms with E-state index in [0.29, 0.717) is 40.8 Å². The molecule has 0 aliphatic heterocycles. The van der Waals surface area contributed by atoms with E-state index in [1.54, 1.807) is 4.40 Å². The van der Waals surface area contributed by atoms with Crippen LogP contribution in [0.1, 0.15) is 30.0 Å². The molecule has 184 valence electrons. The molecule has 2 aromatic heterocycles. The number of thiazole rings is 1. The van der Waals surface area contributed by atoms with Crippen LogP contribution in [0, 0.1) is 13.8 Å². The lowest BCUT2D eigenvalue weighted by molar-refractivity contribution is 0.236. The third kappa shape index (κ3) is 5.06. The fourth-order valence-electron chi connectivity index (χ4n) is 4.21. The normalized spacial score (nSPS) is 11.9. The average Bonchev–Trinajstić information content (AvgIpc) is 3.35. The zero-order valence-electron chi connectivity index (χ0n) is 20.6. The molecule has 0 saturated carbocycles. The van der Waals surface area contributed by atoms with Crippen LogP contribution in [0.2, 0.25) is 0 Å². The number of nitrogens with zero attached hydrogens (tertiary/aromatic N) is 2. The molecule has 0 radical (unpaired) electrons. The van der Waals surface area contributed by atoms with Crippen LogP contribution in [0.4, 0.5) is 0 Å². The molecule has 0 saturated heterocycles. The minimum absolute atomic E-state index is 0.0641. The van der Waals surface area contributed by atoms with E-state index < -0.39 is 0 Å². The molecule has 0 unspecified atom stereocenters. The van der Waals surface area contributed by atoms with Crippen molar-refractivity contribution in [1.82, 2.24) is 9.38 Å². The molecule has 0 spiro atoms. The summed E-state index contributed by atoms with van der Waals surface area (Å²) in [5, 5.41) is 0. The zero-order valence-corrected chi connectivity index (χ0v) is 21.4. The Kier molecular flexibility index (Phi) is 6.91. The maximum Gasteiger partial charge on any atom is 0.274 e. The number of rotatable bonds is 9. The predicted molar refractivity (Wildman–Crippen MR) is 145 cm³/mol. The Morgan fingerprint density at radius 3 is 2.50 bits per heavy atom. The van der Waals surface area contributed by atoms with Gasteiger partial charge in [0.2, 0.25) is 0 Å². The van der Waals surface area contributed by atoms with Crippen LogP contribution in [-0.2, 0) is 0 Å². The first-order valence-corrected chi connectivity index (χ1v) is 12.9. The lowest BCUT2D eigenvalue weighted by Gasteiger charge is -2.13. The van der Waals surface area contributed by atoms with Gasteiger partial charge in [-0.25, -0.2) is 9.38 Å². The Labute approximate surface area is 213 Å². The molecule has 7 heteroatoms. The van der Waals surface area contributed by atoms with E-state index in [2.05, 4.69) is 24.9 Å². The second-order valence-electron chi connectivity index (χ2n) is 8.65. The second-order valence-corrected chi connectivity index (χ2v) is 9.66. The van der Waals surface area contributed by atoms with Gasteiger partial charge in [0.15, 0.2) is 16.5 Å². The van der Waals surface area contributed by atoms with Crippen molar-refractivity contribution in [3.8, 4) is 17.2 Å². The first-order valence-electron chi connectivity index (χ1n) is 12.0. The molecule has 5 rings (SSSR count). The highest BCUT2D eigenvalue weighted by Gasteiger charge is 2.11.